The van der Waals surface area contributed by atoms with Gasteiger partial charge in [0.2, 0.25) is 8.32 Å². The Morgan fingerprint density at radius 1 is 1.19 bits per heavy atom. The summed E-state index contributed by atoms with van der Waals surface area (Å²) in [5.41, 5.74) is 1.37. The highest BCUT2D eigenvalue weighted by molar-refractivity contribution is 9.10. The summed E-state index contributed by atoms with van der Waals surface area (Å²) in [5.74, 6) is 0.464. The van der Waals surface area contributed by atoms with Gasteiger partial charge in [-0.2, -0.15) is 5.10 Å². The highest BCUT2D eigenvalue weighted by atomic mass is 79.9. The minimum Gasteiger partial charge on any atom is -0.544 e. The Bertz CT molecular complexity index is 831. The van der Waals surface area contributed by atoms with Crippen molar-refractivity contribution in [3.63, 3.8) is 0 Å². The lowest BCUT2D eigenvalue weighted by Crippen LogP contribution is -2.46. The number of hydrogen-bond acceptors (Lipinski definition) is 4. The molecule has 2 aromatic rings. The van der Waals surface area contributed by atoms with Crippen molar-refractivity contribution in [3.05, 3.63) is 58.3 Å². The molecular formula is C19H26BrN3O2Si2. The van der Waals surface area contributed by atoms with Crippen molar-refractivity contribution < 1.29 is 9.22 Å². The quantitative estimate of drug-likeness (QED) is 0.328. The summed E-state index contributed by atoms with van der Waals surface area (Å²) in [4.78, 5) is 17.5. The molecular weight excluding hydrogens is 438 g/mol. The Kier molecular flexibility index (Phi) is 6.77. The molecule has 1 heterocycles. The molecule has 144 valence electrons. The molecule has 0 saturated carbocycles. The number of carbonyl (C=O) groups is 1. The third-order valence-electron chi connectivity index (χ3n) is 3.42. The molecule has 5 nitrogen and oxygen atoms in total. The van der Waals surface area contributed by atoms with Crippen molar-refractivity contribution in [1.82, 2.24) is 9.66 Å². The molecule has 1 aromatic carbocycles. The zero-order valence-corrected chi connectivity index (χ0v) is 20.2. The van der Waals surface area contributed by atoms with Crippen LogP contribution in [0.1, 0.15) is 15.9 Å². The van der Waals surface area contributed by atoms with Crippen LogP contribution in [-0.2, 0) is 0 Å². The Balaban J connectivity index is 2.44. The lowest BCUT2D eigenvalue weighted by molar-refractivity contribution is 0.0852. The average molecular weight is 465 g/mol. The monoisotopic (exact) mass is 463 g/mol. The molecule has 0 unspecified atom stereocenters. The van der Waals surface area contributed by atoms with Crippen molar-refractivity contribution in [3.8, 4) is 5.75 Å². The van der Waals surface area contributed by atoms with Crippen LogP contribution in [0.25, 0.3) is 0 Å². The van der Waals surface area contributed by atoms with E-state index < -0.39 is 16.6 Å². The Morgan fingerprint density at radius 2 is 1.89 bits per heavy atom. The molecule has 0 bridgehead atoms. The van der Waals surface area contributed by atoms with Crippen LogP contribution in [-0.4, -0.2) is 38.3 Å². The molecule has 1 aromatic heterocycles. The lowest BCUT2D eigenvalue weighted by atomic mass is 10.2. The van der Waals surface area contributed by atoms with Gasteiger partial charge in [-0.1, -0.05) is 22.0 Å². The minimum atomic E-state index is -2.08. The van der Waals surface area contributed by atoms with Crippen LogP contribution in [0.4, 0.5) is 0 Å². The summed E-state index contributed by atoms with van der Waals surface area (Å²) in [6, 6.07) is 9.30. The van der Waals surface area contributed by atoms with Gasteiger partial charge in [-0.25, -0.2) is 0 Å². The highest BCUT2D eigenvalue weighted by Crippen LogP contribution is 2.28. The van der Waals surface area contributed by atoms with Gasteiger partial charge in [-0.3, -0.25) is 14.5 Å². The zero-order chi connectivity index (χ0) is 20.2. The standard InChI is InChI=1S/C19H26BrN3O2Si2/c1-26(2,3)23(22-14-15-8-7-11-21-13-15)19(24)17-12-16(20)9-10-18(17)25-27(4,5)6/h7-14H,1-6H3/b22-14+. The fourth-order valence-electron chi connectivity index (χ4n) is 2.31. The van der Waals surface area contributed by atoms with E-state index in [1.54, 1.807) is 23.3 Å². The molecule has 0 spiro atoms. The summed E-state index contributed by atoms with van der Waals surface area (Å²) in [6.07, 6.45) is 5.11. The number of hydrazone groups is 1. The molecule has 0 radical (unpaired) electrons. The Morgan fingerprint density at radius 3 is 2.44 bits per heavy atom. The molecule has 1 amide bonds. The van der Waals surface area contributed by atoms with Gasteiger partial charge in [-0.05, 0) is 63.5 Å². The van der Waals surface area contributed by atoms with Crippen LogP contribution in [0.3, 0.4) is 0 Å². The first kappa shape index (κ1) is 21.5. The molecule has 0 fully saturated rings. The second kappa shape index (κ2) is 8.49. The normalized spacial score (nSPS) is 12.3. The van der Waals surface area contributed by atoms with Crippen LogP contribution in [0.2, 0.25) is 39.3 Å². The third-order valence-corrected chi connectivity index (χ3v) is 6.34. The van der Waals surface area contributed by atoms with Crippen molar-refractivity contribution in [2.45, 2.75) is 39.3 Å². The van der Waals surface area contributed by atoms with Gasteiger partial charge in [0.1, 0.15) is 5.75 Å². The van der Waals surface area contributed by atoms with E-state index in [1.807, 2.05) is 30.3 Å². The maximum atomic E-state index is 13.4. The van der Waals surface area contributed by atoms with Crippen LogP contribution in [0, 0.1) is 0 Å². The van der Waals surface area contributed by atoms with Gasteiger partial charge < -0.3 is 4.43 Å². The van der Waals surface area contributed by atoms with Crippen LogP contribution in [0.5, 0.6) is 5.75 Å². The second-order valence-electron chi connectivity index (χ2n) is 8.17. The Hall–Kier alpha value is -1.78. The number of hydrogen-bond donors (Lipinski definition) is 0. The van der Waals surface area contributed by atoms with Crippen molar-refractivity contribution in [2.24, 2.45) is 5.10 Å². The first-order valence-corrected chi connectivity index (χ1v) is 16.4. The molecule has 0 aliphatic carbocycles. The fraction of sp³-hybridized carbons (Fsp3) is 0.316. The van der Waals surface area contributed by atoms with Crippen molar-refractivity contribution in [1.29, 1.82) is 0 Å². The van der Waals surface area contributed by atoms with Crippen molar-refractivity contribution >= 4 is 44.6 Å². The number of amides is 1. The van der Waals surface area contributed by atoms with Gasteiger partial charge in [0.05, 0.1) is 11.8 Å². The maximum absolute atomic E-state index is 13.4. The molecule has 0 aliphatic heterocycles. The average Bonchev–Trinajstić information content (AvgIpc) is 2.55. The topological polar surface area (TPSA) is 54.8 Å². The number of pyridine rings is 1. The van der Waals surface area contributed by atoms with E-state index in [0.717, 1.165) is 10.0 Å². The number of halogens is 1. The number of aromatic nitrogens is 1. The van der Waals surface area contributed by atoms with E-state index in [1.165, 1.54) is 0 Å². The summed E-state index contributed by atoms with van der Waals surface area (Å²) in [7, 11) is -3.95. The molecule has 27 heavy (non-hydrogen) atoms. The van der Waals surface area contributed by atoms with Gasteiger partial charge in [0.15, 0.2) is 8.24 Å². The predicted molar refractivity (Wildman–Crippen MR) is 119 cm³/mol. The van der Waals surface area contributed by atoms with E-state index in [0.29, 0.717) is 11.3 Å². The summed E-state index contributed by atoms with van der Waals surface area (Å²) < 4.78 is 8.62. The predicted octanol–water partition coefficient (Wildman–Crippen LogP) is 5.37. The zero-order valence-electron chi connectivity index (χ0n) is 16.7. The maximum Gasteiger partial charge on any atom is 0.269 e. The number of nitrogens with zero attached hydrogens (tertiary/aromatic N) is 3. The van der Waals surface area contributed by atoms with Gasteiger partial charge in [0.25, 0.3) is 5.91 Å². The number of carbonyl (C=O) groups excluding carboxylic acids is 1. The minimum absolute atomic E-state index is 0.149. The molecule has 2 rings (SSSR count). The van der Waals surface area contributed by atoms with Crippen LogP contribution in [0.15, 0.2) is 52.3 Å². The largest absolute Gasteiger partial charge is 0.544 e. The third kappa shape index (κ3) is 6.40. The van der Waals surface area contributed by atoms with Gasteiger partial charge in [-0.15, -0.1) is 0 Å². The molecule has 0 saturated heterocycles. The van der Waals surface area contributed by atoms with Crippen LogP contribution < -0.4 is 4.43 Å². The van der Waals surface area contributed by atoms with Gasteiger partial charge in [0, 0.05) is 22.4 Å². The molecule has 0 atom stereocenters. The molecule has 0 N–H and O–H groups in total. The Labute approximate surface area is 171 Å². The molecule has 0 aliphatic rings. The summed E-state index contributed by atoms with van der Waals surface area (Å²) in [5, 5.41) is 4.53. The van der Waals surface area contributed by atoms with E-state index in [2.05, 4.69) is 65.3 Å². The van der Waals surface area contributed by atoms with E-state index in [4.69, 9.17) is 4.43 Å². The van der Waals surface area contributed by atoms with Crippen LogP contribution >= 0.6 is 15.9 Å². The first-order chi connectivity index (χ1) is 12.5. The lowest BCUT2D eigenvalue weighted by Gasteiger charge is -2.30. The fourth-order valence-corrected chi connectivity index (χ4v) is 4.64. The SMILES string of the molecule is C[Si](C)(C)Oc1ccc(Br)cc1C(=O)N(/N=C/c1cccnc1)[Si](C)(C)C. The van der Waals surface area contributed by atoms with E-state index in [9.17, 15) is 4.79 Å². The summed E-state index contributed by atoms with van der Waals surface area (Å²) in [6.45, 7) is 12.5. The highest BCUT2D eigenvalue weighted by Gasteiger charge is 2.32. The van der Waals surface area contributed by atoms with Crippen molar-refractivity contribution in [2.75, 3.05) is 0 Å². The second-order valence-corrected chi connectivity index (χ2v) is 18.3. The number of benzene rings is 1. The van der Waals surface area contributed by atoms with Gasteiger partial charge >= 0.3 is 0 Å². The smallest absolute Gasteiger partial charge is 0.269 e. The molecule has 8 heteroatoms. The van der Waals surface area contributed by atoms with E-state index >= 15 is 0 Å². The van der Waals surface area contributed by atoms with E-state index in [-0.39, 0.29) is 5.91 Å². The number of rotatable bonds is 6. The summed E-state index contributed by atoms with van der Waals surface area (Å²) >= 11 is 3.47. The first-order valence-electron chi connectivity index (χ1n) is 8.74.